The molecule has 8 nitrogen and oxygen atoms in total. The summed E-state index contributed by atoms with van der Waals surface area (Å²) in [4.78, 5) is 51.2. The van der Waals surface area contributed by atoms with Crippen molar-refractivity contribution in [2.24, 2.45) is 11.8 Å². The van der Waals surface area contributed by atoms with E-state index < -0.39 is 30.1 Å². The first-order valence-electron chi connectivity index (χ1n) is 9.70. The monoisotopic (exact) mass is 395 g/mol. The van der Waals surface area contributed by atoms with E-state index in [1.807, 2.05) is 27.7 Å². The molecule has 0 unspecified atom stereocenters. The first-order valence-corrected chi connectivity index (χ1v) is 9.70. The molecule has 158 valence electrons. The number of esters is 1. The van der Waals surface area contributed by atoms with Crippen LogP contribution in [0.4, 0.5) is 0 Å². The minimum atomic E-state index is -0.792. The standard InChI is InChI=1S/C20H33N3O5/c1-8-15-13(5)12(4)9-16(24)22-14(6)20(27)23(7)18(11(2)3)19(26)21-10-17(25)28-15/h11,13-15,18H,4,8-10H2,1-3,5-7H3,(H,21,26)(H,22,24)/t13-,14+,15+,18+/m1/s1. The lowest BCUT2D eigenvalue weighted by Crippen LogP contribution is -2.55. The Morgan fingerprint density at radius 3 is 2.36 bits per heavy atom. The Morgan fingerprint density at radius 1 is 1.21 bits per heavy atom. The molecule has 0 aromatic heterocycles. The van der Waals surface area contributed by atoms with Crippen LogP contribution in [0.2, 0.25) is 0 Å². The first-order chi connectivity index (χ1) is 13.0. The summed E-state index contributed by atoms with van der Waals surface area (Å²) in [5.74, 6) is -2.16. The molecule has 28 heavy (non-hydrogen) atoms. The molecule has 3 amide bonds. The molecule has 0 spiro atoms. The Labute approximate surface area is 167 Å². The number of likely N-dealkylation sites (N-methyl/N-ethyl adjacent to an activating group) is 1. The molecule has 0 aromatic rings. The van der Waals surface area contributed by atoms with Crippen molar-refractivity contribution in [3.63, 3.8) is 0 Å². The molecular formula is C20H33N3O5. The lowest BCUT2D eigenvalue weighted by atomic mass is 9.92. The van der Waals surface area contributed by atoms with Crippen molar-refractivity contribution in [3.8, 4) is 0 Å². The Balaban J connectivity index is 3.17. The third-order valence-corrected chi connectivity index (χ3v) is 5.09. The minimum Gasteiger partial charge on any atom is -0.460 e. The normalized spacial score (nSPS) is 29.0. The molecular weight excluding hydrogens is 362 g/mol. The van der Waals surface area contributed by atoms with Crippen molar-refractivity contribution < 1.29 is 23.9 Å². The molecule has 1 saturated heterocycles. The highest BCUT2D eigenvalue weighted by molar-refractivity contribution is 5.93. The number of ether oxygens (including phenoxy) is 1. The van der Waals surface area contributed by atoms with E-state index in [0.29, 0.717) is 12.0 Å². The summed E-state index contributed by atoms with van der Waals surface area (Å²) in [5, 5.41) is 5.23. The zero-order chi connectivity index (χ0) is 21.6. The number of nitrogens with one attached hydrogen (secondary N) is 2. The molecule has 0 aromatic carbocycles. The molecule has 0 radical (unpaired) electrons. The van der Waals surface area contributed by atoms with Crippen LogP contribution in [-0.4, -0.2) is 60.4 Å². The van der Waals surface area contributed by atoms with E-state index in [4.69, 9.17) is 4.74 Å². The van der Waals surface area contributed by atoms with E-state index in [0.717, 1.165) is 0 Å². The second-order valence-electron chi connectivity index (χ2n) is 7.71. The van der Waals surface area contributed by atoms with Crippen molar-refractivity contribution in [1.29, 1.82) is 0 Å². The summed E-state index contributed by atoms with van der Waals surface area (Å²) in [6.07, 6.45) is 0.132. The fraction of sp³-hybridized carbons (Fsp3) is 0.700. The first kappa shape index (κ1) is 23.7. The molecule has 4 atom stereocenters. The van der Waals surface area contributed by atoms with Crippen molar-refractivity contribution in [2.45, 2.75) is 65.6 Å². The fourth-order valence-electron chi connectivity index (χ4n) is 3.37. The topological polar surface area (TPSA) is 105 Å². The van der Waals surface area contributed by atoms with Crippen molar-refractivity contribution in [3.05, 3.63) is 12.2 Å². The maximum atomic E-state index is 12.7. The second kappa shape index (κ2) is 10.2. The SMILES string of the molecule is C=C1CC(=O)N[C@@H](C)C(=O)N(C)[C@@H](C(C)C)C(=O)NCC(=O)O[C@@H](CC)[C@@H]1C. The third kappa shape index (κ3) is 6.07. The fourth-order valence-corrected chi connectivity index (χ4v) is 3.37. The lowest BCUT2D eigenvalue weighted by molar-refractivity contribution is -0.151. The van der Waals surface area contributed by atoms with Gasteiger partial charge in [-0.1, -0.05) is 39.8 Å². The van der Waals surface area contributed by atoms with Crippen molar-refractivity contribution in [1.82, 2.24) is 15.5 Å². The number of nitrogens with zero attached hydrogens (tertiary/aromatic N) is 1. The average Bonchev–Trinajstić information content (AvgIpc) is 2.61. The molecule has 2 N–H and O–H groups in total. The summed E-state index contributed by atoms with van der Waals surface area (Å²) in [6.45, 7) is 12.6. The van der Waals surface area contributed by atoms with Gasteiger partial charge in [0.25, 0.3) is 0 Å². The highest BCUT2D eigenvalue weighted by atomic mass is 16.5. The average molecular weight is 396 g/mol. The summed E-state index contributed by atoms with van der Waals surface area (Å²) in [7, 11) is 1.51. The smallest absolute Gasteiger partial charge is 0.325 e. The Hall–Kier alpha value is -2.38. The molecule has 1 heterocycles. The van der Waals surface area contributed by atoms with Gasteiger partial charge in [0.2, 0.25) is 17.7 Å². The van der Waals surface area contributed by atoms with Gasteiger partial charge < -0.3 is 20.3 Å². The lowest BCUT2D eigenvalue weighted by Gasteiger charge is -2.32. The van der Waals surface area contributed by atoms with E-state index in [-0.39, 0.29) is 36.6 Å². The van der Waals surface area contributed by atoms with Crippen LogP contribution in [0.25, 0.3) is 0 Å². The largest absolute Gasteiger partial charge is 0.460 e. The van der Waals surface area contributed by atoms with Gasteiger partial charge in [-0.2, -0.15) is 0 Å². The van der Waals surface area contributed by atoms with Crippen LogP contribution in [0, 0.1) is 11.8 Å². The van der Waals surface area contributed by atoms with Gasteiger partial charge in [0, 0.05) is 19.4 Å². The van der Waals surface area contributed by atoms with Gasteiger partial charge in [-0.25, -0.2) is 0 Å². The third-order valence-electron chi connectivity index (χ3n) is 5.09. The number of carbonyl (C=O) groups is 4. The number of cyclic esters (lactones) is 1. The number of rotatable bonds is 2. The van der Waals surface area contributed by atoms with Gasteiger partial charge in [-0.15, -0.1) is 0 Å². The maximum Gasteiger partial charge on any atom is 0.325 e. The molecule has 0 aliphatic carbocycles. The van der Waals surface area contributed by atoms with Gasteiger partial charge in [0.15, 0.2) is 0 Å². The number of hydrogen-bond donors (Lipinski definition) is 2. The van der Waals surface area contributed by atoms with Gasteiger partial charge in [-0.05, 0) is 19.3 Å². The van der Waals surface area contributed by atoms with Crippen LogP contribution in [0.3, 0.4) is 0 Å². The summed E-state index contributed by atoms with van der Waals surface area (Å²) in [6, 6.07) is -1.57. The Kier molecular flexibility index (Phi) is 8.65. The van der Waals surface area contributed by atoms with Gasteiger partial charge in [0.1, 0.15) is 24.7 Å². The minimum absolute atomic E-state index is 0.0291. The van der Waals surface area contributed by atoms with Gasteiger partial charge >= 0.3 is 5.97 Å². The highest BCUT2D eigenvalue weighted by Crippen LogP contribution is 2.22. The second-order valence-corrected chi connectivity index (χ2v) is 7.71. The highest BCUT2D eigenvalue weighted by Gasteiger charge is 2.33. The Morgan fingerprint density at radius 2 is 1.82 bits per heavy atom. The number of hydrogen-bond acceptors (Lipinski definition) is 5. The molecule has 1 rings (SSSR count). The number of amides is 3. The Bertz CT molecular complexity index is 631. The predicted octanol–water partition coefficient (Wildman–Crippen LogP) is 1.01. The van der Waals surface area contributed by atoms with Crippen LogP contribution < -0.4 is 10.6 Å². The molecule has 1 aliphatic rings. The van der Waals surface area contributed by atoms with E-state index >= 15 is 0 Å². The van der Waals surface area contributed by atoms with E-state index in [1.165, 1.54) is 11.9 Å². The van der Waals surface area contributed by atoms with Crippen LogP contribution in [0.15, 0.2) is 12.2 Å². The molecule has 1 aliphatic heterocycles. The van der Waals surface area contributed by atoms with Gasteiger partial charge in [0.05, 0.1) is 0 Å². The van der Waals surface area contributed by atoms with Crippen molar-refractivity contribution >= 4 is 23.7 Å². The van der Waals surface area contributed by atoms with Crippen LogP contribution >= 0.6 is 0 Å². The van der Waals surface area contributed by atoms with Gasteiger partial charge in [-0.3, -0.25) is 19.2 Å². The van der Waals surface area contributed by atoms with Crippen LogP contribution in [0.5, 0.6) is 0 Å². The predicted molar refractivity (Wildman–Crippen MR) is 105 cm³/mol. The maximum absolute atomic E-state index is 12.7. The van der Waals surface area contributed by atoms with E-state index in [9.17, 15) is 19.2 Å². The summed E-state index contributed by atoms with van der Waals surface area (Å²) >= 11 is 0. The molecule has 0 saturated carbocycles. The molecule has 0 bridgehead atoms. The molecule has 1 fully saturated rings. The quantitative estimate of drug-likeness (QED) is 0.536. The summed E-state index contributed by atoms with van der Waals surface area (Å²) < 4.78 is 5.48. The van der Waals surface area contributed by atoms with E-state index in [2.05, 4.69) is 17.2 Å². The van der Waals surface area contributed by atoms with Crippen LogP contribution in [-0.2, 0) is 23.9 Å². The molecule has 8 heteroatoms. The summed E-state index contributed by atoms with van der Waals surface area (Å²) in [5.41, 5.74) is 0.615. The van der Waals surface area contributed by atoms with E-state index in [1.54, 1.807) is 6.92 Å². The number of carbonyl (C=O) groups excluding carboxylic acids is 4. The zero-order valence-electron chi connectivity index (χ0n) is 17.7. The zero-order valence-corrected chi connectivity index (χ0v) is 17.7. The van der Waals surface area contributed by atoms with Crippen molar-refractivity contribution in [2.75, 3.05) is 13.6 Å². The van der Waals surface area contributed by atoms with Crippen LogP contribution in [0.1, 0.15) is 47.5 Å².